The third kappa shape index (κ3) is 3.38. The fourth-order valence-corrected chi connectivity index (χ4v) is 3.35. The van der Waals surface area contributed by atoms with Crippen molar-refractivity contribution in [3.05, 3.63) is 71.5 Å². The molecule has 2 heterocycles. The lowest BCUT2D eigenvalue weighted by atomic mass is 10.1. The van der Waals surface area contributed by atoms with Crippen LogP contribution in [0.1, 0.15) is 34.1 Å². The lowest BCUT2D eigenvalue weighted by Gasteiger charge is -2.05. The Kier molecular flexibility index (Phi) is 4.12. The average Bonchev–Trinajstić information content (AvgIpc) is 3.12. The molecule has 1 aromatic heterocycles. The van der Waals surface area contributed by atoms with Gasteiger partial charge in [-0.25, -0.2) is 0 Å². The Labute approximate surface area is 161 Å². The van der Waals surface area contributed by atoms with Crippen LogP contribution in [0.4, 0.5) is 0 Å². The third-order valence-electron chi connectivity index (χ3n) is 4.94. The van der Waals surface area contributed by atoms with Crippen LogP contribution in [0.2, 0.25) is 0 Å². The summed E-state index contributed by atoms with van der Waals surface area (Å²) in [4.78, 5) is 12.4. The highest BCUT2D eigenvalue weighted by atomic mass is 16.7. The Morgan fingerprint density at radius 2 is 2.00 bits per heavy atom. The third-order valence-corrected chi connectivity index (χ3v) is 4.94. The van der Waals surface area contributed by atoms with Crippen LogP contribution in [0.15, 0.2) is 54.6 Å². The number of amides is 1. The summed E-state index contributed by atoms with van der Waals surface area (Å²) in [6.07, 6.45) is 0.959. The van der Waals surface area contributed by atoms with Crippen LogP contribution in [-0.4, -0.2) is 28.9 Å². The van der Waals surface area contributed by atoms with E-state index in [2.05, 4.69) is 27.6 Å². The number of benzene rings is 2. The van der Waals surface area contributed by atoms with Gasteiger partial charge in [-0.05, 0) is 30.2 Å². The van der Waals surface area contributed by atoms with E-state index in [1.54, 1.807) is 12.1 Å². The quantitative estimate of drug-likeness (QED) is 0.690. The number of hydrogen-bond acceptors (Lipinski definition) is 5. The average molecular weight is 377 g/mol. The smallest absolute Gasteiger partial charge is 0.272 e. The lowest BCUT2D eigenvalue weighted by molar-refractivity contribution is 0.0945. The fraction of sp³-hybridized carbons (Fsp3) is 0.238. The summed E-state index contributed by atoms with van der Waals surface area (Å²) in [5.74, 6) is 2.25. The molecule has 1 aliphatic carbocycles. The molecular weight excluding hydrogens is 358 g/mol. The van der Waals surface area contributed by atoms with Crippen molar-refractivity contribution in [3.63, 3.8) is 0 Å². The number of carbonyl (C=O) groups excluding carboxylic acids is 1. The summed E-state index contributed by atoms with van der Waals surface area (Å²) in [6.45, 7) is 0.500. The molecule has 3 aromatic rings. The van der Waals surface area contributed by atoms with Crippen LogP contribution in [-0.2, 0) is 6.61 Å². The van der Waals surface area contributed by atoms with Gasteiger partial charge >= 0.3 is 0 Å². The number of carbonyl (C=O) groups is 1. The van der Waals surface area contributed by atoms with Gasteiger partial charge in [-0.3, -0.25) is 9.89 Å². The first-order valence-electron chi connectivity index (χ1n) is 9.19. The molecular formula is C21H19N3O4. The summed E-state index contributed by atoms with van der Waals surface area (Å²) in [6, 6.07) is 17.5. The molecule has 0 unspecified atom stereocenters. The molecule has 0 saturated heterocycles. The van der Waals surface area contributed by atoms with Gasteiger partial charge in [-0.15, -0.1) is 0 Å². The number of rotatable bonds is 6. The van der Waals surface area contributed by atoms with Gasteiger partial charge in [0.15, 0.2) is 11.5 Å². The minimum atomic E-state index is -0.172. The Balaban J connectivity index is 1.16. The van der Waals surface area contributed by atoms with Gasteiger partial charge in [-0.1, -0.05) is 30.3 Å². The van der Waals surface area contributed by atoms with Crippen molar-refractivity contribution in [1.29, 1.82) is 0 Å². The van der Waals surface area contributed by atoms with Crippen molar-refractivity contribution in [2.45, 2.75) is 25.0 Å². The Morgan fingerprint density at radius 3 is 2.89 bits per heavy atom. The summed E-state index contributed by atoms with van der Waals surface area (Å²) >= 11 is 0. The second kappa shape index (κ2) is 6.92. The highest BCUT2D eigenvalue weighted by Crippen LogP contribution is 2.40. The Bertz CT molecular complexity index is 1000. The van der Waals surface area contributed by atoms with Crippen LogP contribution in [0.25, 0.3) is 0 Å². The zero-order valence-electron chi connectivity index (χ0n) is 15.1. The minimum absolute atomic E-state index is 0.167. The van der Waals surface area contributed by atoms with Crippen LogP contribution in [0, 0.1) is 0 Å². The van der Waals surface area contributed by atoms with Crippen molar-refractivity contribution < 1.29 is 19.0 Å². The topological polar surface area (TPSA) is 85.5 Å². The van der Waals surface area contributed by atoms with E-state index in [0.29, 0.717) is 28.9 Å². The SMILES string of the molecule is O=C(N[C@@H]1C[C@H]1c1ccccc1)c1cc(COc2ccc3c(c2)OCO3)[nH]n1. The summed E-state index contributed by atoms with van der Waals surface area (Å²) < 4.78 is 16.4. The number of fused-ring (bicyclic) bond motifs is 1. The highest BCUT2D eigenvalue weighted by molar-refractivity contribution is 5.92. The van der Waals surface area contributed by atoms with Gasteiger partial charge in [0.25, 0.3) is 5.91 Å². The van der Waals surface area contributed by atoms with E-state index < -0.39 is 0 Å². The number of nitrogens with zero attached hydrogens (tertiary/aromatic N) is 1. The fourth-order valence-electron chi connectivity index (χ4n) is 3.35. The summed E-state index contributed by atoms with van der Waals surface area (Å²) in [5, 5.41) is 10.00. The number of ether oxygens (including phenoxy) is 3. The van der Waals surface area contributed by atoms with E-state index in [1.807, 2.05) is 30.3 Å². The van der Waals surface area contributed by atoms with Crippen molar-refractivity contribution in [2.24, 2.45) is 0 Å². The normalized spacial score (nSPS) is 19.3. The molecule has 2 atom stereocenters. The molecule has 142 valence electrons. The lowest BCUT2D eigenvalue weighted by Crippen LogP contribution is -2.26. The second-order valence-corrected chi connectivity index (χ2v) is 6.91. The van der Waals surface area contributed by atoms with Crippen LogP contribution < -0.4 is 19.5 Å². The van der Waals surface area contributed by atoms with Gasteiger partial charge in [-0.2, -0.15) is 5.10 Å². The maximum Gasteiger partial charge on any atom is 0.272 e. The van der Waals surface area contributed by atoms with Crippen LogP contribution in [0.3, 0.4) is 0 Å². The molecule has 5 rings (SSSR count). The first-order valence-corrected chi connectivity index (χ1v) is 9.19. The zero-order chi connectivity index (χ0) is 18.9. The second-order valence-electron chi connectivity index (χ2n) is 6.91. The standard InChI is InChI=1S/C21H19N3O4/c25-21(22-17-10-16(17)13-4-2-1-3-5-13)18-8-14(23-24-18)11-26-15-6-7-19-20(9-15)28-12-27-19/h1-9,16-17H,10-12H2,(H,22,25)(H,23,24)/t16-,17+/m0/s1. The molecule has 0 bridgehead atoms. The Hall–Kier alpha value is -3.48. The molecule has 2 aliphatic rings. The van der Waals surface area contributed by atoms with E-state index in [9.17, 15) is 4.79 Å². The zero-order valence-corrected chi connectivity index (χ0v) is 15.1. The maximum atomic E-state index is 12.4. The molecule has 7 heteroatoms. The van der Waals surface area contributed by atoms with E-state index in [4.69, 9.17) is 14.2 Å². The van der Waals surface area contributed by atoms with Crippen LogP contribution in [0.5, 0.6) is 17.2 Å². The van der Waals surface area contributed by atoms with Gasteiger partial charge in [0.2, 0.25) is 6.79 Å². The van der Waals surface area contributed by atoms with Crippen LogP contribution >= 0.6 is 0 Å². The highest BCUT2D eigenvalue weighted by Gasteiger charge is 2.39. The number of aromatic amines is 1. The van der Waals surface area contributed by atoms with E-state index >= 15 is 0 Å². The molecule has 2 N–H and O–H groups in total. The Morgan fingerprint density at radius 1 is 1.14 bits per heavy atom. The number of aromatic nitrogens is 2. The summed E-state index contributed by atoms with van der Waals surface area (Å²) in [5.41, 5.74) is 2.34. The number of hydrogen-bond donors (Lipinski definition) is 2. The largest absolute Gasteiger partial charge is 0.487 e. The van der Waals surface area contributed by atoms with E-state index in [0.717, 1.165) is 12.1 Å². The molecule has 7 nitrogen and oxygen atoms in total. The maximum absolute atomic E-state index is 12.4. The van der Waals surface area contributed by atoms with E-state index in [1.165, 1.54) is 5.56 Å². The van der Waals surface area contributed by atoms with Crippen molar-refractivity contribution in [2.75, 3.05) is 6.79 Å². The molecule has 1 fully saturated rings. The molecule has 0 radical (unpaired) electrons. The molecule has 2 aromatic carbocycles. The predicted octanol–water partition coefficient (Wildman–Crippen LogP) is 3.00. The van der Waals surface area contributed by atoms with Crippen molar-refractivity contribution >= 4 is 5.91 Å². The monoisotopic (exact) mass is 377 g/mol. The van der Waals surface area contributed by atoms with Gasteiger partial charge in [0.05, 0.1) is 5.69 Å². The molecule has 28 heavy (non-hydrogen) atoms. The molecule has 1 amide bonds. The summed E-state index contributed by atoms with van der Waals surface area (Å²) in [7, 11) is 0. The minimum Gasteiger partial charge on any atom is -0.487 e. The van der Waals surface area contributed by atoms with Crippen molar-refractivity contribution in [3.8, 4) is 17.2 Å². The van der Waals surface area contributed by atoms with E-state index in [-0.39, 0.29) is 25.3 Å². The predicted molar refractivity (Wildman–Crippen MR) is 101 cm³/mol. The molecule has 0 spiro atoms. The first kappa shape index (κ1) is 16.7. The molecule has 1 saturated carbocycles. The first-order chi connectivity index (χ1) is 13.8. The number of H-pyrrole nitrogens is 1. The molecule has 1 aliphatic heterocycles. The van der Waals surface area contributed by atoms with Gasteiger partial charge in [0.1, 0.15) is 18.1 Å². The van der Waals surface area contributed by atoms with Gasteiger partial charge < -0.3 is 19.5 Å². The van der Waals surface area contributed by atoms with Crippen molar-refractivity contribution in [1.82, 2.24) is 15.5 Å². The van der Waals surface area contributed by atoms with Gasteiger partial charge in [0, 0.05) is 18.0 Å². The number of nitrogens with one attached hydrogen (secondary N) is 2.